The summed E-state index contributed by atoms with van der Waals surface area (Å²) in [4.78, 5) is 15.2. The summed E-state index contributed by atoms with van der Waals surface area (Å²) in [6, 6.07) is 9.07. The van der Waals surface area contributed by atoms with E-state index in [1.165, 1.54) is 24.3 Å². The van der Waals surface area contributed by atoms with Gasteiger partial charge in [0.15, 0.2) is 0 Å². The number of ether oxygens (including phenoxy) is 1. The highest BCUT2D eigenvalue weighted by atomic mass is 19.4. The predicted molar refractivity (Wildman–Crippen MR) is 78.0 cm³/mol. The minimum Gasteiger partial charge on any atom is -0.406 e. The Morgan fingerprint density at radius 3 is 2.39 bits per heavy atom. The van der Waals surface area contributed by atoms with Gasteiger partial charge in [0.1, 0.15) is 17.9 Å². The van der Waals surface area contributed by atoms with Crippen LogP contribution in [0.25, 0.3) is 11.1 Å². The molecule has 0 saturated heterocycles. The summed E-state index contributed by atoms with van der Waals surface area (Å²) >= 11 is 0. The second kappa shape index (κ2) is 5.57. The van der Waals surface area contributed by atoms with Crippen molar-refractivity contribution >= 4 is 12.1 Å². The van der Waals surface area contributed by atoms with E-state index in [9.17, 15) is 18.0 Å². The number of hydrogen-bond donors (Lipinski definition) is 1. The summed E-state index contributed by atoms with van der Waals surface area (Å²) in [6.45, 7) is 0. The predicted octanol–water partition coefficient (Wildman–Crippen LogP) is 3.79. The number of alkyl halides is 3. The highest BCUT2D eigenvalue weighted by Gasteiger charge is 2.42. The first-order valence-electron chi connectivity index (χ1n) is 6.96. The van der Waals surface area contributed by atoms with Crippen LogP contribution in [0.15, 0.2) is 42.6 Å². The molecule has 1 aromatic carbocycles. The fourth-order valence-corrected chi connectivity index (χ4v) is 2.19. The van der Waals surface area contributed by atoms with Gasteiger partial charge in [0.05, 0.1) is 5.54 Å². The third kappa shape index (κ3) is 3.80. The van der Waals surface area contributed by atoms with Crippen LogP contribution in [0.2, 0.25) is 0 Å². The van der Waals surface area contributed by atoms with Crippen molar-refractivity contribution in [3.8, 4) is 16.9 Å². The second-order valence-corrected chi connectivity index (χ2v) is 5.40. The van der Waals surface area contributed by atoms with Crippen LogP contribution in [0.1, 0.15) is 12.8 Å². The molecule has 1 aliphatic rings. The van der Waals surface area contributed by atoms with E-state index in [1.807, 2.05) is 0 Å². The molecule has 1 aromatic heterocycles. The second-order valence-electron chi connectivity index (χ2n) is 5.40. The quantitative estimate of drug-likeness (QED) is 0.851. The smallest absolute Gasteiger partial charge is 0.406 e. The summed E-state index contributed by atoms with van der Waals surface area (Å²) in [5.74, 6) is 0.286. The van der Waals surface area contributed by atoms with Gasteiger partial charge in [-0.25, -0.2) is 4.98 Å². The molecular weight excluding hydrogens is 309 g/mol. The molecule has 3 rings (SSSR count). The van der Waals surface area contributed by atoms with Crippen LogP contribution in [-0.4, -0.2) is 23.2 Å². The van der Waals surface area contributed by atoms with E-state index in [1.54, 1.807) is 18.3 Å². The molecule has 0 bridgehead atoms. The number of hydrogen-bond acceptors (Lipinski definition) is 4. The van der Waals surface area contributed by atoms with Crippen molar-refractivity contribution in [3.63, 3.8) is 0 Å². The number of rotatable bonds is 5. The molecule has 4 nitrogen and oxygen atoms in total. The Kier molecular flexibility index (Phi) is 3.71. The Balaban J connectivity index is 1.77. The zero-order valence-corrected chi connectivity index (χ0v) is 11.9. The Bertz CT molecular complexity index is 710. The van der Waals surface area contributed by atoms with E-state index in [0.29, 0.717) is 5.82 Å². The average molecular weight is 322 g/mol. The lowest BCUT2D eigenvalue weighted by Gasteiger charge is -2.12. The van der Waals surface area contributed by atoms with Crippen molar-refractivity contribution in [1.82, 2.24) is 4.98 Å². The molecule has 2 aromatic rings. The van der Waals surface area contributed by atoms with Crippen molar-refractivity contribution in [2.45, 2.75) is 24.7 Å². The first kappa shape index (κ1) is 15.3. The number of nitrogens with zero attached hydrogens (tertiary/aromatic N) is 1. The topological polar surface area (TPSA) is 51.2 Å². The molecule has 1 aliphatic carbocycles. The zero-order chi connectivity index (χ0) is 16.5. The number of nitrogens with one attached hydrogen (secondary N) is 1. The molecule has 0 unspecified atom stereocenters. The molecule has 0 aliphatic heterocycles. The molecule has 0 atom stereocenters. The maximum Gasteiger partial charge on any atom is 0.573 e. The molecule has 7 heteroatoms. The minimum absolute atomic E-state index is 0.272. The highest BCUT2D eigenvalue weighted by molar-refractivity contribution is 5.75. The van der Waals surface area contributed by atoms with E-state index in [2.05, 4.69) is 15.0 Å². The van der Waals surface area contributed by atoms with Crippen LogP contribution in [-0.2, 0) is 4.79 Å². The number of halogens is 3. The maximum atomic E-state index is 12.1. The summed E-state index contributed by atoms with van der Waals surface area (Å²) in [7, 11) is 0. The fraction of sp³-hybridized carbons (Fsp3) is 0.250. The number of aldehydes is 1. The molecule has 1 heterocycles. The molecule has 0 radical (unpaired) electrons. The Hall–Kier alpha value is -2.57. The van der Waals surface area contributed by atoms with Gasteiger partial charge in [0.2, 0.25) is 0 Å². The van der Waals surface area contributed by atoms with Gasteiger partial charge in [-0.2, -0.15) is 0 Å². The van der Waals surface area contributed by atoms with Crippen molar-refractivity contribution in [2.24, 2.45) is 0 Å². The summed E-state index contributed by atoms with van der Waals surface area (Å²) in [5.41, 5.74) is 0.986. The SMILES string of the molecule is O=CC1(Nc2cc(-c3ccc(OC(F)(F)F)cc3)ccn2)CC1. The van der Waals surface area contributed by atoms with Gasteiger partial charge < -0.3 is 14.8 Å². The maximum absolute atomic E-state index is 12.1. The van der Waals surface area contributed by atoms with Crippen LogP contribution in [0, 0.1) is 0 Å². The Morgan fingerprint density at radius 2 is 1.83 bits per heavy atom. The van der Waals surface area contributed by atoms with Crippen LogP contribution < -0.4 is 10.1 Å². The third-order valence-corrected chi connectivity index (χ3v) is 3.57. The zero-order valence-electron chi connectivity index (χ0n) is 11.9. The molecule has 120 valence electrons. The normalized spacial score (nSPS) is 15.8. The summed E-state index contributed by atoms with van der Waals surface area (Å²) < 4.78 is 40.3. The lowest BCUT2D eigenvalue weighted by molar-refractivity contribution is -0.274. The van der Waals surface area contributed by atoms with Crippen LogP contribution in [0.5, 0.6) is 5.75 Å². The molecule has 1 N–H and O–H groups in total. The lowest BCUT2D eigenvalue weighted by atomic mass is 10.1. The van der Waals surface area contributed by atoms with Gasteiger partial charge in [-0.05, 0) is 48.2 Å². The monoisotopic (exact) mass is 322 g/mol. The average Bonchev–Trinajstić information content (AvgIpc) is 3.27. The van der Waals surface area contributed by atoms with E-state index in [4.69, 9.17) is 0 Å². The number of carbonyl (C=O) groups excluding carboxylic acids is 1. The van der Waals surface area contributed by atoms with Crippen molar-refractivity contribution < 1.29 is 22.7 Å². The van der Waals surface area contributed by atoms with Gasteiger partial charge in [-0.15, -0.1) is 13.2 Å². The van der Waals surface area contributed by atoms with Gasteiger partial charge in [-0.3, -0.25) is 0 Å². The van der Waals surface area contributed by atoms with E-state index in [0.717, 1.165) is 30.3 Å². The van der Waals surface area contributed by atoms with E-state index >= 15 is 0 Å². The molecule has 1 saturated carbocycles. The Labute approximate surface area is 130 Å². The first-order chi connectivity index (χ1) is 10.9. The van der Waals surface area contributed by atoms with Crippen LogP contribution in [0.3, 0.4) is 0 Å². The summed E-state index contributed by atoms with van der Waals surface area (Å²) in [5, 5.41) is 3.08. The molecule has 1 fully saturated rings. The number of carbonyl (C=O) groups is 1. The van der Waals surface area contributed by atoms with Crippen LogP contribution in [0.4, 0.5) is 19.0 Å². The van der Waals surface area contributed by atoms with Gasteiger partial charge >= 0.3 is 6.36 Å². The van der Waals surface area contributed by atoms with Gasteiger partial charge in [-0.1, -0.05) is 12.1 Å². The van der Waals surface area contributed by atoms with Crippen LogP contribution >= 0.6 is 0 Å². The van der Waals surface area contributed by atoms with Gasteiger partial charge in [0, 0.05) is 6.20 Å². The van der Waals surface area contributed by atoms with Crippen molar-refractivity contribution in [1.29, 1.82) is 0 Å². The minimum atomic E-state index is -4.71. The molecule has 0 spiro atoms. The van der Waals surface area contributed by atoms with Gasteiger partial charge in [0.25, 0.3) is 0 Å². The number of aromatic nitrogens is 1. The van der Waals surface area contributed by atoms with E-state index < -0.39 is 11.9 Å². The standard InChI is InChI=1S/C16H13F3N2O2/c17-16(18,19)23-13-3-1-11(2-4-13)12-5-8-20-14(9-12)21-15(10-22)6-7-15/h1-5,8-10H,6-7H2,(H,20,21). The summed E-state index contributed by atoms with van der Waals surface area (Å²) in [6.07, 6.45) is -0.705. The van der Waals surface area contributed by atoms with E-state index in [-0.39, 0.29) is 5.75 Å². The molecule has 0 amide bonds. The first-order valence-corrected chi connectivity index (χ1v) is 6.96. The number of benzene rings is 1. The third-order valence-electron chi connectivity index (χ3n) is 3.57. The molecule has 23 heavy (non-hydrogen) atoms. The molecular formula is C16H13F3N2O2. The van der Waals surface area contributed by atoms with Crippen molar-refractivity contribution in [2.75, 3.05) is 5.32 Å². The lowest BCUT2D eigenvalue weighted by Crippen LogP contribution is -2.23. The number of anilines is 1. The number of pyridine rings is 1. The largest absolute Gasteiger partial charge is 0.573 e. The fourth-order valence-electron chi connectivity index (χ4n) is 2.19. The van der Waals surface area contributed by atoms with Crippen molar-refractivity contribution in [3.05, 3.63) is 42.6 Å². The highest BCUT2D eigenvalue weighted by Crippen LogP contribution is 2.37. The Morgan fingerprint density at radius 1 is 1.13 bits per heavy atom.